The van der Waals surface area contributed by atoms with Crippen molar-refractivity contribution in [3.05, 3.63) is 52.3 Å². The number of ether oxygens (including phenoxy) is 1. The first-order chi connectivity index (χ1) is 9.04. The first-order valence-corrected chi connectivity index (χ1v) is 6.62. The van der Waals surface area contributed by atoms with Crippen LogP contribution in [0.15, 0.2) is 36.7 Å². The van der Waals surface area contributed by atoms with E-state index in [4.69, 9.17) is 33.7 Å². The van der Waals surface area contributed by atoms with E-state index in [1.54, 1.807) is 18.5 Å². The van der Waals surface area contributed by atoms with Gasteiger partial charge in [0.05, 0.1) is 16.2 Å². The largest absolute Gasteiger partial charge is 0.454 e. The molecule has 1 atom stereocenters. The summed E-state index contributed by atoms with van der Waals surface area (Å²) in [6.07, 6.45) is 3.90. The number of rotatable bonds is 4. The molecule has 0 saturated heterocycles. The van der Waals surface area contributed by atoms with E-state index < -0.39 is 0 Å². The number of halogens is 2. The zero-order chi connectivity index (χ0) is 13.8. The Morgan fingerprint density at radius 2 is 2.05 bits per heavy atom. The SMILES string of the molecule is CC(N)Cc1ccc(Oc2cncc(Cl)c2)c(Cl)c1. The smallest absolute Gasteiger partial charge is 0.147 e. The van der Waals surface area contributed by atoms with Gasteiger partial charge in [0.15, 0.2) is 0 Å². The van der Waals surface area contributed by atoms with Crippen molar-refractivity contribution in [2.75, 3.05) is 0 Å². The summed E-state index contributed by atoms with van der Waals surface area (Å²) in [7, 11) is 0. The van der Waals surface area contributed by atoms with Gasteiger partial charge in [0, 0.05) is 18.3 Å². The molecule has 0 fully saturated rings. The Morgan fingerprint density at radius 1 is 1.26 bits per heavy atom. The Balaban J connectivity index is 2.17. The van der Waals surface area contributed by atoms with Crippen LogP contribution in [-0.4, -0.2) is 11.0 Å². The Morgan fingerprint density at radius 3 is 2.68 bits per heavy atom. The molecule has 1 aromatic heterocycles. The van der Waals surface area contributed by atoms with Crippen molar-refractivity contribution in [1.29, 1.82) is 0 Å². The highest BCUT2D eigenvalue weighted by Gasteiger charge is 2.06. The predicted octanol–water partition coefficient (Wildman–Crippen LogP) is 4.07. The second-order valence-corrected chi connectivity index (χ2v) is 5.23. The van der Waals surface area contributed by atoms with Gasteiger partial charge in [-0.1, -0.05) is 29.3 Å². The number of aromatic nitrogens is 1. The van der Waals surface area contributed by atoms with E-state index >= 15 is 0 Å². The van der Waals surface area contributed by atoms with Gasteiger partial charge in [-0.15, -0.1) is 0 Å². The summed E-state index contributed by atoms with van der Waals surface area (Å²) < 4.78 is 5.64. The average Bonchev–Trinajstić information content (AvgIpc) is 2.32. The van der Waals surface area contributed by atoms with Crippen LogP contribution in [0.1, 0.15) is 12.5 Å². The third-order valence-corrected chi connectivity index (χ3v) is 2.96. The topological polar surface area (TPSA) is 48.1 Å². The van der Waals surface area contributed by atoms with Crippen LogP contribution in [0.4, 0.5) is 0 Å². The Bertz CT molecular complexity index is 573. The molecule has 3 nitrogen and oxygen atoms in total. The van der Waals surface area contributed by atoms with Gasteiger partial charge >= 0.3 is 0 Å². The molecule has 0 radical (unpaired) electrons. The van der Waals surface area contributed by atoms with Crippen molar-refractivity contribution >= 4 is 23.2 Å². The normalized spacial score (nSPS) is 12.2. The highest BCUT2D eigenvalue weighted by Crippen LogP contribution is 2.30. The molecule has 5 heteroatoms. The lowest BCUT2D eigenvalue weighted by atomic mass is 10.1. The molecule has 2 N–H and O–H groups in total. The fourth-order valence-corrected chi connectivity index (χ4v) is 2.11. The summed E-state index contributed by atoms with van der Waals surface area (Å²) >= 11 is 12.0. The minimum atomic E-state index is 0.0972. The van der Waals surface area contributed by atoms with Crippen molar-refractivity contribution in [3.8, 4) is 11.5 Å². The highest BCUT2D eigenvalue weighted by molar-refractivity contribution is 6.32. The van der Waals surface area contributed by atoms with Crippen LogP contribution in [0, 0.1) is 0 Å². The van der Waals surface area contributed by atoms with Crippen LogP contribution in [0.2, 0.25) is 10.0 Å². The first-order valence-electron chi connectivity index (χ1n) is 5.87. The quantitative estimate of drug-likeness (QED) is 0.925. The predicted molar refractivity (Wildman–Crippen MR) is 78.1 cm³/mol. The Kier molecular flexibility index (Phi) is 4.64. The van der Waals surface area contributed by atoms with Crippen LogP contribution in [-0.2, 0) is 6.42 Å². The minimum Gasteiger partial charge on any atom is -0.454 e. The molecule has 0 amide bonds. The van der Waals surface area contributed by atoms with Crippen molar-refractivity contribution < 1.29 is 4.74 Å². The number of benzene rings is 1. The third kappa shape index (κ3) is 4.10. The molecule has 0 aliphatic carbocycles. The zero-order valence-corrected chi connectivity index (χ0v) is 11.9. The summed E-state index contributed by atoms with van der Waals surface area (Å²) in [6, 6.07) is 7.41. The highest BCUT2D eigenvalue weighted by atomic mass is 35.5. The van der Waals surface area contributed by atoms with E-state index in [0.29, 0.717) is 21.5 Å². The maximum atomic E-state index is 6.18. The molecular weight excluding hydrogens is 283 g/mol. The molecule has 2 rings (SSSR count). The molecule has 1 unspecified atom stereocenters. The number of nitrogens with zero attached hydrogens (tertiary/aromatic N) is 1. The van der Waals surface area contributed by atoms with Gasteiger partial charge in [-0.05, 0) is 31.0 Å². The molecule has 0 aliphatic heterocycles. The maximum Gasteiger partial charge on any atom is 0.147 e. The van der Waals surface area contributed by atoms with Crippen LogP contribution in [0.5, 0.6) is 11.5 Å². The van der Waals surface area contributed by atoms with Crippen molar-refractivity contribution in [2.45, 2.75) is 19.4 Å². The molecule has 1 heterocycles. The molecule has 1 aromatic carbocycles. The maximum absolute atomic E-state index is 6.18. The molecule has 100 valence electrons. The minimum absolute atomic E-state index is 0.0972. The van der Waals surface area contributed by atoms with Crippen LogP contribution in [0.25, 0.3) is 0 Å². The monoisotopic (exact) mass is 296 g/mol. The molecular formula is C14H14Cl2N2O. The molecule has 19 heavy (non-hydrogen) atoms. The molecule has 0 bridgehead atoms. The van der Waals surface area contributed by atoms with Gasteiger partial charge in [-0.3, -0.25) is 4.98 Å². The van der Waals surface area contributed by atoms with Crippen molar-refractivity contribution in [2.24, 2.45) is 5.73 Å². The van der Waals surface area contributed by atoms with Gasteiger partial charge in [0.1, 0.15) is 11.5 Å². The van der Waals surface area contributed by atoms with Crippen LogP contribution < -0.4 is 10.5 Å². The zero-order valence-electron chi connectivity index (χ0n) is 10.4. The fourth-order valence-electron chi connectivity index (χ4n) is 1.70. The van der Waals surface area contributed by atoms with Gasteiger partial charge in [0.2, 0.25) is 0 Å². The number of hydrogen-bond donors (Lipinski definition) is 1. The average molecular weight is 297 g/mol. The van der Waals surface area contributed by atoms with E-state index in [1.807, 2.05) is 25.1 Å². The summed E-state index contributed by atoms with van der Waals surface area (Å²) in [6.45, 7) is 1.95. The van der Waals surface area contributed by atoms with Gasteiger partial charge in [-0.2, -0.15) is 0 Å². The molecule has 2 aromatic rings. The number of nitrogens with two attached hydrogens (primary N) is 1. The first kappa shape index (κ1) is 14.1. The van der Waals surface area contributed by atoms with Crippen molar-refractivity contribution in [1.82, 2.24) is 4.98 Å². The molecule has 0 spiro atoms. The van der Waals surface area contributed by atoms with E-state index in [0.717, 1.165) is 12.0 Å². The number of hydrogen-bond acceptors (Lipinski definition) is 3. The second-order valence-electron chi connectivity index (χ2n) is 4.39. The van der Waals surface area contributed by atoms with E-state index in [9.17, 15) is 0 Å². The van der Waals surface area contributed by atoms with Gasteiger partial charge in [-0.25, -0.2) is 0 Å². The lowest BCUT2D eigenvalue weighted by molar-refractivity contribution is 0.480. The standard InChI is InChI=1S/C14H14Cl2N2O/c1-9(17)4-10-2-3-14(13(16)5-10)19-12-6-11(15)7-18-8-12/h2-3,5-9H,4,17H2,1H3. The van der Waals surface area contributed by atoms with Crippen LogP contribution in [0.3, 0.4) is 0 Å². The third-order valence-electron chi connectivity index (χ3n) is 2.46. The van der Waals surface area contributed by atoms with E-state index in [2.05, 4.69) is 4.98 Å². The lowest BCUT2D eigenvalue weighted by Gasteiger charge is -2.10. The summed E-state index contributed by atoms with van der Waals surface area (Å²) in [5.41, 5.74) is 6.84. The Labute approximate surface area is 122 Å². The van der Waals surface area contributed by atoms with Gasteiger partial charge in [0.25, 0.3) is 0 Å². The van der Waals surface area contributed by atoms with E-state index in [-0.39, 0.29) is 6.04 Å². The second kappa shape index (κ2) is 6.24. The summed E-state index contributed by atoms with van der Waals surface area (Å²) in [4.78, 5) is 3.95. The fraction of sp³-hybridized carbons (Fsp3) is 0.214. The van der Waals surface area contributed by atoms with Crippen molar-refractivity contribution in [3.63, 3.8) is 0 Å². The molecule has 0 saturated carbocycles. The van der Waals surface area contributed by atoms with Crippen LogP contribution >= 0.6 is 23.2 Å². The lowest BCUT2D eigenvalue weighted by Crippen LogP contribution is -2.17. The number of pyridine rings is 1. The molecule has 0 aliphatic rings. The summed E-state index contributed by atoms with van der Waals surface area (Å²) in [5.74, 6) is 1.12. The summed E-state index contributed by atoms with van der Waals surface area (Å²) in [5, 5.41) is 1.06. The Hall–Kier alpha value is -1.29. The van der Waals surface area contributed by atoms with Gasteiger partial charge < -0.3 is 10.5 Å². The van der Waals surface area contributed by atoms with E-state index in [1.165, 1.54) is 0 Å².